The molecule has 0 aliphatic heterocycles. The van der Waals surface area contributed by atoms with Crippen LogP contribution in [0, 0.1) is 5.82 Å². The summed E-state index contributed by atoms with van der Waals surface area (Å²) in [7, 11) is 3.91. The van der Waals surface area contributed by atoms with Crippen LogP contribution in [0.2, 0.25) is 0 Å². The summed E-state index contributed by atoms with van der Waals surface area (Å²) in [5, 5.41) is 18.2. The summed E-state index contributed by atoms with van der Waals surface area (Å²) in [5.74, 6) is 0.255. The van der Waals surface area contributed by atoms with Crippen molar-refractivity contribution in [1.82, 2.24) is 19.5 Å². The molecule has 1 N–H and O–H groups in total. The Morgan fingerprint density at radius 2 is 2.00 bits per heavy atom. The molecule has 0 aliphatic carbocycles. The zero-order valence-corrected chi connectivity index (χ0v) is 11.8. The number of hydrogen-bond donors (Lipinski definition) is 1. The van der Waals surface area contributed by atoms with Gasteiger partial charge in [-0.3, -0.25) is 4.40 Å². The first-order chi connectivity index (χ1) is 10.0. The molecule has 0 saturated heterocycles. The van der Waals surface area contributed by atoms with E-state index in [0.29, 0.717) is 12.1 Å². The Kier molecular flexibility index (Phi) is 3.31. The van der Waals surface area contributed by atoms with E-state index in [-0.39, 0.29) is 5.75 Å². The van der Waals surface area contributed by atoms with Gasteiger partial charge in [-0.15, -0.1) is 10.2 Å². The maximum absolute atomic E-state index is 13.1. The van der Waals surface area contributed by atoms with E-state index in [1.807, 2.05) is 41.7 Å². The summed E-state index contributed by atoms with van der Waals surface area (Å²) in [5.41, 5.74) is 2.08. The van der Waals surface area contributed by atoms with Crippen molar-refractivity contribution in [2.45, 2.75) is 6.54 Å². The minimum absolute atomic E-state index is 0.0865. The van der Waals surface area contributed by atoms with Crippen LogP contribution >= 0.6 is 0 Å². The predicted octanol–water partition coefficient (Wildman–Crippen LogP) is 2.30. The molecule has 1 aromatic carbocycles. The van der Waals surface area contributed by atoms with Crippen LogP contribution in [-0.4, -0.2) is 38.7 Å². The number of hydrogen-bond acceptors (Lipinski definition) is 4. The van der Waals surface area contributed by atoms with Crippen molar-refractivity contribution in [2.75, 3.05) is 14.1 Å². The molecule has 0 saturated carbocycles. The van der Waals surface area contributed by atoms with Gasteiger partial charge in [-0.25, -0.2) is 4.39 Å². The van der Waals surface area contributed by atoms with Crippen molar-refractivity contribution >= 4 is 5.65 Å². The summed E-state index contributed by atoms with van der Waals surface area (Å²) >= 11 is 0. The molecule has 3 aromatic rings. The second kappa shape index (κ2) is 5.14. The van der Waals surface area contributed by atoms with Crippen LogP contribution in [0.1, 0.15) is 5.82 Å². The molecule has 0 amide bonds. The topological polar surface area (TPSA) is 53.7 Å². The lowest BCUT2D eigenvalue weighted by Gasteiger charge is -2.09. The highest BCUT2D eigenvalue weighted by atomic mass is 19.1. The Morgan fingerprint density at radius 1 is 1.19 bits per heavy atom. The van der Waals surface area contributed by atoms with Crippen LogP contribution in [0.25, 0.3) is 16.8 Å². The first-order valence-corrected chi connectivity index (χ1v) is 6.52. The van der Waals surface area contributed by atoms with Gasteiger partial charge in [0.15, 0.2) is 11.5 Å². The molecule has 0 fully saturated rings. The number of benzene rings is 1. The minimum Gasteiger partial charge on any atom is -0.507 e. The predicted molar refractivity (Wildman–Crippen MR) is 77.4 cm³/mol. The fourth-order valence-electron chi connectivity index (χ4n) is 2.24. The number of pyridine rings is 1. The summed E-state index contributed by atoms with van der Waals surface area (Å²) < 4.78 is 15.0. The Balaban J connectivity index is 2.11. The molecule has 0 spiro atoms. The number of rotatable bonds is 3. The lowest BCUT2D eigenvalue weighted by atomic mass is 10.1. The third kappa shape index (κ3) is 2.57. The zero-order valence-electron chi connectivity index (χ0n) is 11.8. The van der Waals surface area contributed by atoms with E-state index in [2.05, 4.69) is 10.2 Å². The van der Waals surface area contributed by atoms with E-state index < -0.39 is 5.82 Å². The normalized spacial score (nSPS) is 11.4. The first kappa shape index (κ1) is 13.5. The Bertz CT molecular complexity index is 797. The number of phenols is 1. The molecule has 0 unspecified atom stereocenters. The molecule has 0 radical (unpaired) electrons. The molecule has 5 nitrogen and oxygen atoms in total. The fraction of sp³-hybridized carbons (Fsp3) is 0.200. The molecule has 0 aliphatic rings. The second-order valence-corrected chi connectivity index (χ2v) is 5.16. The van der Waals surface area contributed by atoms with Gasteiger partial charge in [-0.1, -0.05) is 0 Å². The largest absolute Gasteiger partial charge is 0.507 e. The average Bonchev–Trinajstić information content (AvgIpc) is 2.80. The lowest BCUT2D eigenvalue weighted by molar-refractivity contribution is 0.388. The van der Waals surface area contributed by atoms with Crippen LogP contribution < -0.4 is 0 Å². The molecule has 21 heavy (non-hydrogen) atoms. The SMILES string of the molecule is CN(C)Cc1nnc2ccc(-c3ccc(F)cc3O)cn12. The average molecular weight is 286 g/mol. The van der Waals surface area contributed by atoms with E-state index in [9.17, 15) is 9.50 Å². The molecule has 108 valence electrons. The van der Waals surface area contributed by atoms with Crippen molar-refractivity contribution < 1.29 is 9.50 Å². The monoisotopic (exact) mass is 286 g/mol. The third-order valence-electron chi connectivity index (χ3n) is 3.20. The van der Waals surface area contributed by atoms with Crippen LogP contribution in [0.3, 0.4) is 0 Å². The van der Waals surface area contributed by atoms with Gasteiger partial charge in [0.2, 0.25) is 0 Å². The van der Waals surface area contributed by atoms with Crippen molar-refractivity contribution in [3.05, 3.63) is 48.2 Å². The molecule has 0 atom stereocenters. The molecule has 2 aromatic heterocycles. The summed E-state index contributed by atoms with van der Waals surface area (Å²) in [6, 6.07) is 7.64. The number of nitrogens with zero attached hydrogens (tertiary/aromatic N) is 4. The highest BCUT2D eigenvalue weighted by Gasteiger charge is 2.10. The standard InChI is InChI=1S/C15H15FN4O/c1-19(2)9-15-18-17-14-6-3-10(8-20(14)15)12-5-4-11(16)7-13(12)21/h3-8,21H,9H2,1-2H3. The lowest BCUT2D eigenvalue weighted by Crippen LogP contribution is -2.13. The van der Waals surface area contributed by atoms with Gasteiger partial charge in [0.1, 0.15) is 11.6 Å². The smallest absolute Gasteiger partial charge is 0.160 e. The molecule has 0 bridgehead atoms. The molecule has 2 heterocycles. The molecular formula is C15H15FN4O. The van der Waals surface area contributed by atoms with Crippen molar-refractivity contribution in [3.63, 3.8) is 0 Å². The van der Waals surface area contributed by atoms with E-state index in [1.165, 1.54) is 6.07 Å². The van der Waals surface area contributed by atoms with Gasteiger partial charge in [-0.05, 0) is 38.4 Å². The van der Waals surface area contributed by atoms with Gasteiger partial charge >= 0.3 is 0 Å². The highest BCUT2D eigenvalue weighted by molar-refractivity contribution is 5.70. The van der Waals surface area contributed by atoms with E-state index in [0.717, 1.165) is 23.1 Å². The van der Waals surface area contributed by atoms with Gasteiger partial charge in [0.25, 0.3) is 0 Å². The molecule has 3 rings (SSSR count). The van der Waals surface area contributed by atoms with Gasteiger partial charge < -0.3 is 10.0 Å². The van der Waals surface area contributed by atoms with Crippen LogP contribution in [-0.2, 0) is 6.54 Å². The molecular weight excluding hydrogens is 271 g/mol. The van der Waals surface area contributed by atoms with Crippen LogP contribution in [0.5, 0.6) is 5.75 Å². The second-order valence-electron chi connectivity index (χ2n) is 5.16. The number of fused-ring (bicyclic) bond motifs is 1. The maximum Gasteiger partial charge on any atom is 0.160 e. The number of halogens is 1. The quantitative estimate of drug-likeness (QED) is 0.802. The highest BCUT2D eigenvalue weighted by Crippen LogP contribution is 2.29. The molecule has 6 heteroatoms. The van der Waals surface area contributed by atoms with E-state index in [1.54, 1.807) is 6.07 Å². The van der Waals surface area contributed by atoms with Gasteiger partial charge in [0.05, 0.1) is 6.54 Å². The zero-order chi connectivity index (χ0) is 15.0. The van der Waals surface area contributed by atoms with Gasteiger partial charge in [-0.2, -0.15) is 0 Å². The summed E-state index contributed by atoms with van der Waals surface area (Å²) in [4.78, 5) is 2.00. The van der Waals surface area contributed by atoms with E-state index >= 15 is 0 Å². The number of aromatic nitrogens is 3. The summed E-state index contributed by atoms with van der Waals surface area (Å²) in [6.45, 7) is 0.653. The fourth-order valence-corrected chi connectivity index (χ4v) is 2.24. The maximum atomic E-state index is 13.1. The van der Waals surface area contributed by atoms with Crippen molar-refractivity contribution in [3.8, 4) is 16.9 Å². The van der Waals surface area contributed by atoms with Crippen molar-refractivity contribution in [2.24, 2.45) is 0 Å². The Labute approximate surface area is 121 Å². The van der Waals surface area contributed by atoms with Crippen LogP contribution in [0.15, 0.2) is 36.5 Å². The number of aromatic hydroxyl groups is 1. The minimum atomic E-state index is -0.463. The third-order valence-corrected chi connectivity index (χ3v) is 3.20. The Hall–Kier alpha value is -2.47. The Morgan fingerprint density at radius 3 is 2.71 bits per heavy atom. The van der Waals surface area contributed by atoms with E-state index in [4.69, 9.17) is 0 Å². The number of phenolic OH excluding ortho intramolecular Hbond substituents is 1. The summed E-state index contributed by atoms with van der Waals surface area (Å²) in [6.07, 6.45) is 1.85. The first-order valence-electron chi connectivity index (χ1n) is 6.52. The van der Waals surface area contributed by atoms with Crippen LogP contribution in [0.4, 0.5) is 4.39 Å². The van der Waals surface area contributed by atoms with Gasteiger partial charge in [0, 0.05) is 23.4 Å². The van der Waals surface area contributed by atoms with Crippen molar-refractivity contribution in [1.29, 1.82) is 0 Å².